The normalized spacial score (nSPS) is 12.5. The minimum Gasteiger partial charge on any atom is -0.352 e. The Hall–Kier alpha value is -3.10. The maximum atomic E-state index is 13.1. The average molecular weight is 490 g/mol. The van der Waals surface area contributed by atoms with Crippen molar-refractivity contribution in [1.29, 1.82) is 0 Å². The summed E-state index contributed by atoms with van der Waals surface area (Å²) in [5, 5.41) is 11.0. The number of unbranched alkanes of at least 4 members (excludes halogenated alkanes) is 3. The van der Waals surface area contributed by atoms with Crippen molar-refractivity contribution in [2.75, 3.05) is 11.9 Å². The first-order valence-corrected chi connectivity index (χ1v) is 12.7. The lowest BCUT2D eigenvalue weighted by molar-refractivity contribution is -0.132. The van der Waals surface area contributed by atoms with Crippen molar-refractivity contribution in [2.24, 2.45) is 11.7 Å². The van der Waals surface area contributed by atoms with Gasteiger partial charge in [-0.1, -0.05) is 59.1 Å². The molecule has 9 heteroatoms. The summed E-state index contributed by atoms with van der Waals surface area (Å²) in [7, 11) is 0. The predicted octanol–water partition coefficient (Wildman–Crippen LogP) is 3.23. The van der Waals surface area contributed by atoms with Crippen molar-refractivity contribution in [3.8, 4) is 0 Å². The average Bonchev–Trinajstić information content (AvgIpc) is 2.82. The van der Waals surface area contributed by atoms with Crippen LogP contribution in [0.2, 0.25) is 0 Å². The summed E-state index contributed by atoms with van der Waals surface area (Å²) >= 11 is 0. The quantitative estimate of drug-likeness (QED) is 0.227. The Balaban J connectivity index is 2.84. The Morgan fingerprint density at radius 2 is 1.57 bits per heavy atom. The molecule has 0 saturated heterocycles. The molecule has 0 aliphatic heterocycles. The van der Waals surface area contributed by atoms with Crippen LogP contribution in [-0.2, 0) is 20.8 Å². The van der Waals surface area contributed by atoms with Gasteiger partial charge in [0.2, 0.25) is 17.7 Å². The first-order chi connectivity index (χ1) is 16.7. The van der Waals surface area contributed by atoms with E-state index in [2.05, 4.69) is 28.2 Å². The number of nitrogens with two attached hydrogens (primary N) is 1. The maximum absolute atomic E-state index is 13.1. The SMILES string of the molecule is CCCCCCC(=O)NC(C(=O)NC(CCCNC(N)=O)C(=O)Nc1ccc(CC)cc1)C(C)C. The number of benzene rings is 1. The van der Waals surface area contributed by atoms with E-state index in [9.17, 15) is 19.2 Å². The second-order valence-electron chi connectivity index (χ2n) is 9.13. The van der Waals surface area contributed by atoms with Crippen LogP contribution in [0.3, 0.4) is 0 Å². The van der Waals surface area contributed by atoms with Crippen molar-refractivity contribution < 1.29 is 19.2 Å². The van der Waals surface area contributed by atoms with Gasteiger partial charge in [-0.3, -0.25) is 14.4 Å². The van der Waals surface area contributed by atoms with Crippen molar-refractivity contribution in [3.05, 3.63) is 29.8 Å². The lowest BCUT2D eigenvalue weighted by atomic mass is 10.0. The molecular formula is C26H43N5O4. The number of carbonyl (C=O) groups excluding carboxylic acids is 4. The zero-order valence-corrected chi connectivity index (χ0v) is 21.6. The van der Waals surface area contributed by atoms with Crippen LogP contribution >= 0.6 is 0 Å². The third-order valence-electron chi connectivity index (χ3n) is 5.75. The molecule has 1 aromatic rings. The lowest BCUT2D eigenvalue weighted by Gasteiger charge is -2.25. The van der Waals surface area contributed by atoms with Gasteiger partial charge < -0.3 is 27.0 Å². The molecule has 5 amide bonds. The van der Waals surface area contributed by atoms with E-state index in [1.807, 2.05) is 45.0 Å². The van der Waals surface area contributed by atoms with Crippen LogP contribution in [0.4, 0.5) is 10.5 Å². The van der Waals surface area contributed by atoms with Gasteiger partial charge in [0.1, 0.15) is 12.1 Å². The van der Waals surface area contributed by atoms with Crippen LogP contribution in [0.25, 0.3) is 0 Å². The van der Waals surface area contributed by atoms with Gasteiger partial charge in [0.05, 0.1) is 0 Å². The van der Waals surface area contributed by atoms with E-state index < -0.39 is 24.0 Å². The Morgan fingerprint density at radius 1 is 0.886 bits per heavy atom. The molecule has 2 atom stereocenters. The number of hydrogen-bond acceptors (Lipinski definition) is 4. The summed E-state index contributed by atoms with van der Waals surface area (Å²) in [6.07, 6.45) is 5.90. The van der Waals surface area contributed by atoms with Crippen LogP contribution in [0.5, 0.6) is 0 Å². The highest BCUT2D eigenvalue weighted by Crippen LogP contribution is 2.12. The fourth-order valence-corrected chi connectivity index (χ4v) is 3.59. The third-order valence-corrected chi connectivity index (χ3v) is 5.75. The summed E-state index contributed by atoms with van der Waals surface area (Å²) in [5.74, 6) is -1.10. The summed E-state index contributed by atoms with van der Waals surface area (Å²) in [5.41, 5.74) is 6.88. The summed E-state index contributed by atoms with van der Waals surface area (Å²) < 4.78 is 0. The number of anilines is 1. The van der Waals surface area contributed by atoms with Gasteiger partial charge in [0.15, 0.2) is 0 Å². The monoisotopic (exact) mass is 489 g/mol. The first kappa shape index (κ1) is 29.9. The first-order valence-electron chi connectivity index (χ1n) is 12.7. The molecule has 0 saturated carbocycles. The number of nitrogens with one attached hydrogen (secondary N) is 4. The van der Waals surface area contributed by atoms with E-state index >= 15 is 0 Å². The zero-order valence-electron chi connectivity index (χ0n) is 21.6. The molecule has 35 heavy (non-hydrogen) atoms. The van der Waals surface area contributed by atoms with E-state index in [-0.39, 0.29) is 24.3 Å². The molecule has 0 fully saturated rings. The number of amides is 5. The molecule has 2 unspecified atom stereocenters. The standard InChI is InChI=1S/C26H43N5O4/c1-5-7-8-9-12-22(32)31-23(18(3)4)25(34)30-21(11-10-17-28-26(27)35)24(33)29-20-15-13-19(6-2)14-16-20/h13-16,18,21,23H,5-12,17H2,1-4H3,(H,29,33)(H,30,34)(H,31,32)(H3,27,28,35). The van der Waals surface area contributed by atoms with E-state index in [1.165, 1.54) is 0 Å². The van der Waals surface area contributed by atoms with Crippen LogP contribution in [0.15, 0.2) is 24.3 Å². The predicted molar refractivity (Wildman–Crippen MR) is 139 cm³/mol. The maximum Gasteiger partial charge on any atom is 0.312 e. The minimum absolute atomic E-state index is 0.156. The van der Waals surface area contributed by atoms with Crippen LogP contribution < -0.4 is 27.0 Å². The van der Waals surface area contributed by atoms with E-state index in [0.717, 1.165) is 37.7 Å². The zero-order chi connectivity index (χ0) is 26.2. The van der Waals surface area contributed by atoms with Gasteiger partial charge in [0.25, 0.3) is 0 Å². The molecule has 1 rings (SSSR count). The topological polar surface area (TPSA) is 142 Å². The fraction of sp³-hybridized carbons (Fsp3) is 0.615. The Morgan fingerprint density at radius 3 is 2.14 bits per heavy atom. The van der Waals surface area contributed by atoms with Gasteiger partial charge in [-0.05, 0) is 49.3 Å². The molecule has 9 nitrogen and oxygen atoms in total. The molecule has 6 N–H and O–H groups in total. The molecule has 0 aliphatic carbocycles. The number of aryl methyl sites for hydroxylation is 1. The van der Waals surface area contributed by atoms with Gasteiger partial charge in [-0.15, -0.1) is 0 Å². The molecule has 0 heterocycles. The minimum atomic E-state index is -0.842. The molecule has 196 valence electrons. The largest absolute Gasteiger partial charge is 0.352 e. The molecule has 0 radical (unpaired) electrons. The molecule has 0 bridgehead atoms. The van der Waals surface area contributed by atoms with E-state index in [4.69, 9.17) is 5.73 Å². The van der Waals surface area contributed by atoms with Crippen molar-refractivity contribution in [3.63, 3.8) is 0 Å². The molecular weight excluding hydrogens is 446 g/mol. The number of primary amides is 1. The number of carbonyl (C=O) groups is 4. The smallest absolute Gasteiger partial charge is 0.312 e. The summed E-state index contributed by atoms with van der Waals surface area (Å²) in [6, 6.07) is 5.27. The van der Waals surface area contributed by atoms with E-state index in [1.54, 1.807) is 0 Å². The molecule has 0 aromatic heterocycles. The van der Waals surface area contributed by atoms with Crippen LogP contribution in [-0.4, -0.2) is 42.4 Å². The lowest BCUT2D eigenvalue weighted by Crippen LogP contribution is -2.54. The second-order valence-corrected chi connectivity index (χ2v) is 9.13. The third kappa shape index (κ3) is 12.2. The van der Waals surface area contributed by atoms with Gasteiger partial charge in [0, 0.05) is 18.7 Å². The number of urea groups is 1. The van der Waals surface area contributed by atoms with Crippen molar-refractivity contribution in [1.82, 2.24) is 16.0 Å². The molecule has 0 aliphatic rings. The molecule has 0 spiro atoms. The Bertz CT molecular complexity index is 810. The second kappa shape index (κ2) is 16.5. The Labute approximate surface area is 209 Å². The van der Waals surface area contributed by atoms with E-state index in [0.29, 0.717) is 24.9 Å². The van der Waals surface area contributed by atoms with Crippen molar-refractivity contribution in [2.45, 2.75) is 91.1 Å². The highest BCUT2D eigenvalue weighted by atomic mass is 16.2. The van der Waals surface area contributed by atoms with Crippen molar-refractivity contribution >= 4 is 29.4 Å². The summed E-state index contributed by atoms with van der Waals surface area (Å²) in [6.45, 7) is 8.14. The molecule has 1 aromatic carbocycles. The van der Waals surface area contributed by atoms with Gasteiger partial charge >= 0.3 is 6.03 Å². The highest BCUT2D eigenvalue weighted by Gasteiger charge is 2.28. The van der Waals surface area contributed by atoms with Crippen LogP contribution in [0, 0.1) is 5.92 Å². The highest BCUT2D eigenvalue weighted by molar-refractivity contribution is 5.98. The van der Waals surface area contributed by atoms with Gasteiger partial charge in [-0.2, -0.15) is 0 Å². The number of hydrogen-bond donors (Lipinski definition) is 5. The fourth-order valence-electron chi connectivity index (χ4n) is 3.59. The van der Waals surface area contributed by atoms with Crippen LogP contribution in [0.1, 0.15) is 78.2 Å². The van der Waals surface area contributed by atoms with Gasteiger partial charge in [-0.25, -0.2) is 4.79 Å². The number of rotatable bonds is 16. The summed E-state index contributed by atoms with van der Waals surface area (Å²) in [4.78, 5) is 49.5. The Kier molecular flexibility index (Phi) is 14.1.